The van der Waals surface area contributed by atoms with Crippen molar-refractivity contribution in [2.45, 2.75) is 38.6 Å². The Hall–Kier alpha value is -2.80. The minimum atomic E-state index is 0.359. The number of rotatable bonds is 7. The highest BCUT2D eigenvalue weighted by Crippen LogP contribution is 2.33. The number of fused-ring (bicyclic) bond motifs is 1. The van der Waals surface area contributed by atoms with Gasteiger partial charge in [-0.3, -0.25) is 0 Å². The molecule has 1 heteroatoms. The second-order valence-electron chi connectivity index (χ2n) is 7.29. The second-order valence-corrected chi connectivity index (χ2v) is 7.29. The smallest absolute Gasteiger partial charge is 0.0482 e. The molecule has 1 aromatic heterocycles. The summed E-state index contributed by atoms with van der Waals surface area (Å²) >= 11 is 0. The molecule has 0 fully saturated rings. The van der Waals surface area contributed by atoms with E-state index < -0.39 is 0 Å². The lowest BCUT2D eigenvalue weighted by Crippen LogP contribution is -2.12. The third-order valence-corrected chi connectivity index (χ3v) is 5.42. The SMILES string of the molecule is CCCCn1c(C(Cc2ccccc2)c2ccccc2)cc2ccccc21. The molecule has 1 unspecified atom stereocenters. The number of aryl methyl sites for hydroxylation is 1. The quantitative estimate of drug-likeness (QED) is 0.344. The fraction of sp³-hybridized carbons (Fsp3) is 0.231. The molecule has 27 heavy (non-hydrogen) atoms. The van der Waals surface area contributed by atoms with E-state index >= 15 is 0 Å². The number of benzene rings is 3. The van der Waals surface area contributed by atoms with E-state index in [-0.39, 0.29) is 0 Å². The average molecular weight is 354 g/mol. The van der Waals surface area contributed by atoms with E-state index in [1.165, 1.54) is 40.6 Å². The zero-order valence-corrected chi connectivity index (χ0v) is 16.0. The third-order valence-electron chi connectivity index (χ3n) is 5.42. The predicted molar refractivity (Wildman–Crippen MR) is 115 cm³/mol. The van der Waals surface area contributed by atoms with Crippen molar-refractivity contribution in [3.05, 3.63) is 108 Å². The number of aromatic nitrogens is 1. The number of para-hydroxylation sites is 1. The first-order valence-electron chi connectivity index (χ1n) is 10.0. The van der Waals surface area contributed by atoms with E-state index in [4.69, 9.17) is 0 Å². The van der Waals surface area contributed by atoms with Crippen LogP contribution in [0.2, 0.25) is 0 Å². The van der Waals surface area contributed by atoms with Gasteiger partial charge in [0.1, 0.15) is 0 Å². The van der Waals surface area contributed by atoms with Crippen molar-refractivity contribution in [2.24, 2.45) is 0 Å². The van der Waals surface area contributed by atoms with Crippen LogP contribution in [0.4, 0.5) is 0 Å². The normalized spacial score (nSPS) is 12.3. The molecule has 0 saturated heterocycles. The zero-order valence-electron chi connectivity index (χ0n) is 16.0. The maximum absolute atomic E-state index is 2.55. The van der Waals surface area contributed by atoms with Gasteiger partial charge in [0.25, 0.3) is 0 Å². The Labute approximate surface area is 162 Å². The number of hydrogen-bond donors (Lipinski definition) is 0. The summed E-state index contributed by atoms with van der Waals surface area (Å²) in [7, 11) is 0. The Morgan fingerprint density at radius 3 is 2.19 bits per heavy atom. The fourth-order valence-corrected chi connectivity index (χ4v) is 4.01. The first kappa shape index (κ1) is 17.6. The van der Waals surface area contributed by atoms with Crippen molar-refractivity contribution in [1.82, 2.24) is 4.57 Å². The highest BCUT2D eigenvalue weighted by atomic mass is 15.0. The zero-order chi connectivity index (χ0) is 18.5. The van der Waals surface area contributed by atoms with Gasteiger partial charge in [-0.2, -0.15) is 0 Å². The Morgan fingerprint density at radius 2 is 1.44 bits per heavy atom. The molecule has 136 valence electrons. The lowest BCUT2D eigenvalue weighted by molar-refractivity contribution is 0.603. The number of unbranched alkanes of at least 4 members (excludes halogenated alkanes) is 1. The lowest BCUT2D eigenvalue weighted by Gasteiger charge is -2.21. The standard InChI is InChI=1S/C26H27N/c1-2-3-18-27-25-17-11-10-16-23(25)20-26(27)24(22-14-8-5-9-15-22)19-21-12-6-4-7-13-21/h4-17,20,24H,2-3,18-19H2,1H3. The molecule has 0 saturated carbocycles. The van der Waals surface area contributed by atoms with Gasteiger partial charge in [0.2, 0.25) is 0 Å². The van der Waals surface area contributed by atoms with Gasteiger partial charge in [-0.15, -0.1) is 0 Å². The molecule has 0 aliphatic heterocycles. The van der Waals surface area contributed by atoms with Crippen LogP contribution in [-0.2, 0) is 13.0 Å². The van der Waals surface area contributed by atoms with Crippen molar-refractivity contribution in [2.75, 3.05) is 0 Å². The summed E-state index contributed by atoms with van der Waals surface area (Å²) in [6.07, 6.45) is 3.44. The molecule has 1 heterocycles. The van der Waals surface area contributed by atoms with Crippen LogP contribution in [0.25, 0.3) is 10.9 Å². The van der Waals surface area contributed by atoms with Crippen LogP contribution >= 0.6 is 0 Å². The van der Waals surface area contributed by atoms with Crippen LogP contribution in [0, 0.1) is 0 Å². The van der Waals surface area contributed by atoms with Gasteiger partial charge in [0.15, 0.2) is 0 Å². The highest BCUT2D eigenvalue weighted by molar-refractivity contribution is 5.81. The fourth-order valence-electron chi connectivity index (χ4n) is 4.01. The monoisotopic (exact) mass is 353 g/mol. The number of nitrogens with zero attached hydrogens (tertiary/aromatic N) is 1. The van der Waals surface area contributed by atoms with Crippen LogP contribution in [0.15, 0.2) is 91.0 Å². The molecule has 0 N–H and O–H groups in total. The lowest BCUT2D eigenvalue weighted by atomic mass is 9.89. The third kappa shape index (κ3) is 3.83. The summed E-state index contributed by atoms with van der Waals surface area (Å²) in [5.74, 6) is 0.359. The first-order chi connectivity index (χ1) is 13.4. The summed E-state index contributed by atoms with van der Waals surface area (Å²) in [5.41, 5.74) is 5.57. The van der Waals surface area contributed by atoms with Crippen molar-refractivity contribution in [3.8, 4) is 0 Å². The molecule has 3 aromatic carbocycles. The summed E-state index contributed by atoms with van der Waals surface area (Å²) in [6.45, 7) is 3.35. The molecular weight excluding hydrogens is 326 g/mol. The summed E-state index contributed by atoms with van der Waals surface area (Å²) < 4.78 is 2.55. The second kappa shape index (κ2) is 8.26. The van der Waals surface area contributed by atoms with Gasteiger partial charge >= 0.3 is 0 Å². The molecule has 0 radical (unpaired) electrons. The van der Waals surface area contributed by atoms with E-state index in [9.17, 15) is 0 Å². The molecule has 0 bridgehead atoms. The summed E-state index contributed by atoms with van der Waals surface area (Å²) in [5, 5.41) is 1.34. The van der Waals surface area contributed by atoms with Gasteiger partial charge in [0.05, 0.1) is 0 Å². The van der Waals surface area contributed by atoms with E-state index in [0.717, 1.165) is 13.0 Å². The van der Waals surface area contributed by atoms with E-state index in [2.05, 4.69) is 102 Å². The van der Waals surface area contributed by atoms with Gasteiger partial charge in [-0.25, -0.2) is 0 Å². The molecule has 0 aliphatic rings. The largest absolute Gasteiger partial charge is 0.344 e. The van der Waals surface area contributed by atoms with Gasteiger partial charge in [-0.1, -0.05) is 92.2 Å². The van der Waals surface area contributed by atoms with Gasteiger partial charge in [-0.05, 0) is 41.5 Å². The maximum atomic E-state index is 2.55. The van der Waals surface area contributed by atoms with Crippen LogP contribution in [-0.4, -0.2) is 4.57 Å². The van der Waals surface area contributed by atoms with Crippen molar-refractivity contribution in [3.63, 3.8) is 0 Å². The number of hydrogen-bond acceptors (Lipinski definition) is 0. The highest BCUT2D eigenvalue weighted by Gasteiger charge is 2.20. The molecule has 1 atom stereocenters. The Bertz CT molecular complexity index is 983. The Balaban J connectivity index is 1.84. The average Bonchev–Trinajstić information content (AvgIpc) is 3.10. The Morgan fingerprint density at radius 1 is 0.778 bits per heavy atom. The molecule has 1 nitrogen and oxygen atoms in total. The van der Waals surface area contributed by atoms with Crippen molar-refractivity contribution < 1.29 is 0 Å². The maximum Gasteiger partial charge on any atom is 0.0482 e. The summed E-state index contributed by atoms with van der Waals surface area (Å²) in [6, 6.07) is 33.1. The van der Waals surface area contributed by atoms with Crippen LogP contribution < -0.4 is 0 Å². The summed E-state index contributed by atoms with van der Waals surface area (Å²) in [4.78, 5) is 0. The van der Waals surface area contributed by atoms with E-state index in [1.807, 2.05) is 0 Å². The Kier molecular flexibility index (Phi) is 5.39. The van der Waals surface area contributed by atoms with Crippen LogP contribution in [0.1, 0.15) is 42.5 Å². The predicted octanol–water partition coefficient (Wildman–Crippen LogP) is 6.82. The first-order valence-corrected chi connectivity index (χ1v) is 10.0. The van der Waals surface area contributed by atoms with Gasteiger partial charge < -0.3 is 4.57 Å². The van der Waals surface area contributed by atoms with Crippen molar-refractivity contribution in [1.29, 1.82) is 0 Å². The topological polar surface area (TPSA) is 4.93 Å². The molecule has 4 rings (SSSR count). The van der Waals surface area contributed by atoms with Crippen LogP contribution in [0.3, 0.4) is 0 Å². The van der Waals surface area contributed by atoms with Crippen LogP contribution in [0.5, 0.6) is 0 Å². The minimum absolute atomic E-state index is 0.359. The molecule has 0 spiro atoms. The molecule has 0 aliphatic carbocycles. The molecular formula is C26H27N. The van der Waals surface area contributed by atoms with Crippen molar-refractivity contribution >= 4 is 10.9 Å². The van der Waals surface area contributed by atoms with Gasteiger partial charge in [0, 0.05) is 23.7 Å². The minimum Gasteiger partial charge on any atom is -0.344 e. The van der Waals surface area contributed by atoms with E-state index in [0.29, 0.717) is 5.92 Å². The molecule has 4 aromatic rings. The van der Waals surface area contributed by atoms with E-state index in [1.54, 1.807) is 0 Å². The molecule has 0 amide bonds.